The minimum atomic E-state index is -3.74. The van der Waals surface area contributed by atoms with Gasteiger partial charge in [0.25, 0.3) is 0 Å². The molecule has 0 saturated carbocycles. The van der Waals surface area contributed by atoms with Gasteiger partial charge in [-0.2, -0.15) is 0 Å². The van der Waals surface area contributed by atoms with Gasteiger partial charge in [0.1, 0.15) is 5.25 Å². The predicted octanol–water partition coefficient (Wildman–Crippen LogP) is 2.19. The third-order valence-corrected chi connectivity index (χ3v) is 4.78. The second-order valence-corrected chi connectivity index (χ2v) is 6.75. The third-order valence-electron chi connectivity index (χ3n) is 2.96. The molecular weight excluding hydrogens is 264 g/mol. The number of halogens is 1. The van der Waals surface area contributed by atoms with Crippen molar-refractivity contribution in [3.05, 3.63) is 28.2 Å². The van der Waals surface area contributed by atoms with Crippen LogP contribution in [0.1, 0.15) is 29.2 Å². The molecule has 5 nitrogen and oxygen atoms in total. The van der Waals surface area contributed by atoms with Crippen LogP contribution in [-0.4, -0.2) is 8.42 Å². The first-order valence-corrected chi connectivity index (χ1v) is 7.43. The van der Waals surface area contributed by atoms with Crippen molar-refractivity contribution in [1.82, 2.24) is 0 Å². The Morgan fingerprint density at radius 2 is 2.18 bits per heavy atom. The summed E-state index contributed by atoms with van der Waals surface area (Å²) in [6, 6.07) is 2.80. The molecule has 0 bridgehead atoms. The smallest absolute Gasteiger partial charge is 0.377 e. The van der Waals surface area contributed by atoms with Crippen molar-refractivity contribution in [2.75, 3.05) is 0 Å². The third kappa shape index (κ3) is 2.08. The zero-order valence-corrected chi connectivity index (χ0v) is 10.3. The van der Waals surface area contributed by atoms with Crippen LogP contribution in [0.4, 0.5) is 5.69 Å². The summed E-state index contributed by atoms with van der Waals surface area (Å²) < 4.78 is 22.8. The Balaban J connectivity index is 2.63. The van der Waals surface area contributed by atoms with E-state index in [9.17, 15) is 13.5 Å². The van der Waals surface area contributed by atoms with Crippen molar-refractivity contribution >= 4 is 25.4 Å². The number of fused-ring (bicyclic) bond motifs is 1. The molecule has 7 heteroatoms. The van der Waals surface area contributed by atoms with Crippen LogP contribution in [0.25, 0.3) is 4.98 Å². The van der Waals surface area contributed by atoms with E-state index < -0.39 is 20.1 Å². The standard InChI is InChI=1S/C10H9ClN2O3S/c11-17(15,16)9-3-1-2-7-6(9)4-5-8(13-12)10(7)14/h4-5,9H,1-3H2. The first kappa shape index (κ1) is 12.1. The Morgan fingerprint density at radius 1 is 1.47 bits per heavy atom. The first-order valence-electron chi connectivity index (χ1n) is 5.06. The lowest BCUT2D eigenvalue weighted by atomic mass is 9.90. The molecule has 0 fully saturated rings. The number of diazo groups is 1. The summed E-state index contributed by atoms with van der Waals surface area (Å²) >= 11 is 0. The topological polar surface area (TPSA) is 85.3 Å². The van der Waals surface area contributed by atoms with E-state index in [0.29, 0.717) is 30.4 Å². The zero-order valence-electron chi connectivity index (χ0n) is 8.76. The molecule has 17 heavy (non-hydrogen) atoms. The Labute approximate surface area is 103 Å². The monoisotopic (exact) mass is 272 g/mol. The second-order valence-electron chi connectivity index (χ2n) is 3.94. The van der Waals surface area contributed by atoms with Crippen molar-refractivity contribution < 1.29 is 13.5 Å². The summed E-state index contributed by atoms with van der Waals surface area (Å²) in [5.41, 5.74) is 0.751. The largest absolute Gasteiger partial charge is 0.867 e. The maximum absolute atomic E-state index is 11.8. The molecular formula is C10H9ClN2O3S. The Bertz CT molecular complexity index is 607. The van der Waals surface area contributed by atoms with Gasteiger partial charge in [0, 0.05) is 16.7 Å². The SMILES string of the molecule is N#[N+]c1ccc2c(c1[O-])CCCC2S(=O)(=O)Cl. The second kappa shape index (κ2) is 4.17. The summed E-state index contributed by atoms with van der Waals surface area (Å²) in [5.74, 6) is -0.421. The number of benzene rings is 1. The molecule has 1 aromatic rings. The van der Waals surface area contributed by atoms with Crippen LogP contribution in [0.3, 0.4) is 0 Å². The van der Waals surface area contributed by atoms with E-state index in [0.717, 1.165) is 0 Å². The summed E-state index contributed by atoms with van der Waals surface area (Å²) in [6.45, 7) is 0. The molecule has 1 aliphatic rings. The quantitative estimate of drug-likeness (QED) is 0.579. The molecule has 0 amide bonds. The van der Waals surface area contributed by atoms with Gasteiger partial charge in [-0.3, -0.25) is 0 Å². The van der Waals surface area contributed by atoms with Gasteiger partial charge in [-0.1, -0.05) is 0 Å². The molecule has 0 radical (unpaired) electrons. The molecule has 0 saturated heterocycles. The molecule has 0 N–H and O–H groups in total. The highest BCUT2D eigenvalue weighted by molar-refractivity contribution is 8.13. The highest BCUT2D eigenvalue weighted by Crippen LogP contribution is 2.42. The van der Waals surface area contributed by atoms with Gasteiger partial charge >= 0.3 is 5.69 Å². The van der Waals surface area contributed by atoms with E-state index in [1.807, 2.05) is 0 Å². The average Bonchev–Trinajstić information content (AvgIpc) is 2.28. The van der Waals surface area contributed by atoms with Crippen LogP contribution >= 0.6 is 10.7 Å². The Hall–Kier alpha value is -1.32. The fraction of sp³-hybridized carbons (Fsp3) is 0.400. The molecule has 0 aliphatic heterocycles. The molecule has 1 unspecified atom stereocenters. The van der Waals surface area contributed by atoms with Gasteiger partial charge in [-0.15, -0.1) is 0 Å². The Morgan fingerprint density at radius 3 is 2.76 bits per heavy atom. The van der Waals surface area contributed by atoms with Gasteiger partial charge < -0.3 is 5.11 Å². The fourth-order valence-electron chi connectivity index (χ4n) is 2.18. The van der Waals surface area contributed by atoms with Gasteiger partial charge in [-0.25, -0.2) is 8.42 Å². The first-order chi connectivity index (χ1) is 7.95. The summed E-state index contributed by atoms with van der Waals surface area (Å²) in [7, 11) is 1.63. The number of rotatable bonds is 1. The molecule has 90 valence electrons. The molecule has 1 aromatic carbocycles. The van der Waals surface area contributed by atoms with Crippen LogP contribution in [0.2, 0.25) is 0 Å². The maximum Gasteiger partial charge on any atom is 0.377 e. The molecule has 1 aliphatic carbocycles. The van der Waals surface area contributed by atoms with Crippen molar-refractivity contribution in [2.24, 2.45) is 0 Å². The minimum Gasteiger partial charge on any atom is -0.867 e. The minimum absolute atomic E-state index is 0.0728. The normalized spacial score (nSPS) is 19.4. The van der Waals surface area contributed by atoms with E-state index in [1.54, 1.807) is 0 Å². The van der Waals surface area contributed by atoms with E-state index in [4.69, 9.17) is 16.1 Å². The number of nitrogens with zero attached hydrogens (tertiary/aromatic N) is 2. The number of hydrogen-bond acceptors (Lipinski definition) is 4. The maximum atomic E-state index is 11.8. The van der Waals surface area contributed by atoms with Crippen molar-refractivity contribution in [3.63, 3.8) is 0 Å². The van der Waals surface area contributed by atoms with Crippen molar-refractivity contribution in [1.29, 1.82) is 5.39 Å². The van der Waals surface area contributed by atoms with Crippen LogP contribution in [0.15, 0.2) is 12.1 Å². The van der Waals surface area contributed by atoms with Gasteiger partial charge in [0.2, 0.25) is 14.4 Å². The predicted molar refractivity (Wildman–Crippen MR) is 61.1 cm³/mol. The molecule has 0 aromatic heterocycles. The fourth-order valence-corrected chi connectivity index (χ4v) is 3.71. The van der Waals surface area contributed by atoms with Crippen LogP contribution < -0.4 is 5.11 Å². The van der Waals surface area contributed by atoms with E-state index >= 15 is 0 Å². The highest BCUT2D eigenvalue weighted by atomic mass is 35.7. The van der Waals surface area contributed by atoms with Crippen LogP contribution in [0, 0.1) is 5.39 Å². The van der Waals surface area contributed by atoms with E-state index in [2.05, 4.69) is 4.98 Å². The summed E-state index contributed by atoms with van der Waals surface area (Å²) in [4.78, 5) is 2.87. The van der Waals surface area contributed by atoms with Gasteiger partial charge in [0.05, 0.1) is 0 Å². The number of hydrogen-bond donors (Lipinski definition) is 0. The lowest BCUT2D eigenvalue weighted by molar-refractivity contribution is -0.268. The Kier molecular flexibility index (Phi) is 2.98. The average molecular weight is 273 g/mol. The van der Waals surface area contributed by atoms with Gasteiger partial charge in [0.15, 0.2) is 4.98 Å². The highest BCUT2D eigenvalue weighted by Gasteiger charge is 2.31. The molecule has 1 atom stereocenters. The van der Waals surface area contributed by atoms with Crippen molar-refractivity contribution in [3.8, 4) is 5.75 Å². The summed E-state index contributed by atoms with van der Waals surface area (Å²) in [5, 5.41) is 19.6. The zero-order chi connectivity index (χ0) is 12.6. The lowest BCUT2D eigenvalue weighted by Gasteiger charge is -2.25. The van der Waals surface area contributed by atoms with E-state index in [-0.39, 0.29) is 5.69 Å². The van der Waals surface area contributed by atoms with E-state index in [1.165, 1.54) is 12.1 Å². The van der Waals surface area contributed by atoms with Crippen LogP contribution in [0.5, 0.6) is 5.75 Å². The summed E-state index contributed by atoms with van der Waals surface area (Å²) in [6.07, 6.45) is 1.47. The van der Waals surface area contributed by atoms with Crippen LogP contribution in [-0.2, 0) is 15.5 Å². The molecule has 2 rings (SSSR count). The lowest BCUT2D eigenvalue weighted by Crippen LogP contribution is -2.16. The molecule has 0 heterocycles. The van der Waals surface area contributed by atoms with Crippen molar-refractivity contribution in [2.45, 2.75) is 24.5 Å². The van der Waals surface area contributed by atoms with Gasteiger partial charge in [-0.05, 0) is 42.2 Å². The molecule has 0 spiro atoms.